The van der Waals surface area contributed by atoms with Gasteiger partial charge in [0.2, 0.25) is 0 Å². The average molecular weight is 1060 g/mol. The number of hydrogen-bond donors (Lipinski definition) is 7. The fourth-order valence-electron chi connectivity index (χ4n) is 8.51. The van der Waals surface area contributed by atoms with E-state index < -0.39 is 104 Å². The van der Waals surface area contributed by atoms with Gasteiger partial charge in [-0.3, -0.25) is 9.59 Å². The van der Waals surface area contributed by atoms with E-state index in [-0.39, 0.29) is 52.4 Å². The van der Waals surface area contributed by atoms with Gasteiger partial charge in [-0.15, -0.1) is 0 Å². The van der Waals surface area contributed by atoms with Crippen LogP contribution in [0.5, 0.6) is 0 Å². The number of rotatable bonds is 22. The zero-order chi connectivity index (χ0) is 54.4. The minimum atomic E-state index is -1.99. The van der Waals surface area contributed by atoms with E-state index in [2.05, 4.69) is 26.6 Å². The summed E-state index contributed by atoms with van der Waals surface area (Å²) < 4.78 is 46.8. The highest BCUT2D eigenvalue weighted by Crippen LogP contribution is 2.32. The third-order valence-electron chi connectivity index (χ3n) is 12.4. The van der Waals surface area contributed by atoms with Crippen LogP contribution in [0.15, 0.2) is 152 Å². The van der Waals surface area contributed by atoms with Gasteiger partial charge >= 0.3 is 30.3 Å². The lowest BCUT2D eigenvalue weighted by Gasteiger charge is -2.49. The summed E-state index contributed by atoms with van der Waals surface area (Å²) in [5.41, 5.74) is 3.44. The van der Waals surface area contributed by atoms with Gasteiger partial charge < -0.3 is 74.7 Å². The van der Waals surface area contributed by atoms with Crippen LogP contribution in [-0.4, -0.2) is 121 Å². The van der Waals surface area contributed by atoms with Crippen LogP contribution in [0, 0.1) is 0 Å². The average Bonchev–Trinajstić information content (AvgIpc) is 3.46. The molecule has 1 saturated carbocycles. The molecule has 0 radical (unpaired) electrons. The molecule has 7 rings (SSSR count). The number of ether oxygens (including phenoxy) is 8. The van der Waals surface area contributed by atoms with Crippen molar-refractivity contribution in [3.63, 3.8) is 0 Å². The summed E-state index contributed by atoms with van der Waals surface area (Å²) in [4.78, 5) is 79.7. The maximum absolute atomic E-state index is 14.3. The monoisotopic (exact) mass is 1060 g/mol. The largest absolute Gasteiger partial charge is 0.451 e. The van der Waals surface area contributed by atoms with Gasteiger partial charge in [0.1, 0.15) is 50.8 Å². The first-order valence-electron chi connectivity index (χ1n) is 25.0. The molecule has 7 N–H and O–H groups in total. The predicted octanol–water partition coefficient (Wildman–Crippen LogP) is 5.06. The Hall–Kier alpha value is -8.08. The Labute approximate surface area is 444 Å². The van der Waals surface area contributed by atoms with Crippen molar-refractivity contribution >= 4 is 36.2 Å². The molecule has 0 bridgehead atoms. The molecular formula is C56H63N5O16. The molecule has 5 amide bonds. The minimum Gasteiger partial charge on any atom is -0.451 e. The molecule has 1 saturated heterocycles. The predicted molar refractivity (Wildman–Crippen MR) is 274 cm³/mol. The molecule has 0 spiro atoms. The number of amides is 5. The highest BCUT2D eigenvalue weighted by Gasteiger charge is 2.54. The maximum atomic E-state index is 14.3. The van der Waals surface area contributed by atoms with Crippen molar-refractivity contribution in [1.29, 1.82) is 0 Å². The Morgan fingerprint density at radius 1 is 0.519 bits per heavy atom. The fraction of sp³-hybridized carbons (Fsp3) is 0.357. The Morgan fingerprint density at radius 3 is 1.44 bits per heavy atom. The van der Waals surface area contributed by atoms with Gasteiger partial charge in [-0.1, -0.05) is 152 Å². The third-order valence-corrected chi connectivity index (χ3v) is 12.4. The van der Waals surface area contributed by atoms with Crippen LogP contribution < -0.4 is 26.6 Å². The molecule has 21 nitrogen and oxygen atoms in total. The lowest BCUT2D eigenvalue weighted by molar-refractivity contribution is -0.269. The van der Waals surface area contributed by atoms with Crippen LogP contribution >= 0.6 is 0 Å². The highest BCUT2D eigenvalue weighted by atomic mass is 16.7. The fourth-order valence-corrected chi connectivity index (χ4v) is 8.51. The molecule has 1 aliphatic heterocycles. The van der Waals surface area contributed by atoms with Crippen molar-refractivity contribution in [2.75, 3.05) is 13.1 Å². The number of aliphatic hydroxyl groups excluding tert-OH is 2. The van der Waals surface area contributed by atoms with E-state index in [1.54, 1.807) is 127 Å². The minimum absolute atomic E-state index is 0.00513. The van der Waals surface area contributed by atoms with Crippen LogP contribution in [0.4, 0.5) is 19.2 Å². The van der Waals surface area contributed by atoms with Crippen molar-refractivity contribution in [2.24, 2.45) is 0 Å². The summed E-state index contributed by atoms with van der Waals surface area (Å²) in [7, 11) is 0. The van der Waals surface area contributed by atoms with Crippen molar-refractivity contribution in [3.05, 3.63) is 179 Å². The van der Waals surface area contributed by atoms with Crippen molar-refractivity contribution in [2.45, 2.75) is 114 Å². The summed E-state index contributed by atoms with van der Waals surface area (Å²) in [5.74, 6) is -1.93. The number of carbonyl (C=O) groups excluding carboxylic acids is 6. The lowest BCUT2D eigenvalue weighted by Crippen LogP contribution is -2.74. The number of nitrogens with one attached hydrogen (secondary N) is 5. The second-order valence-electron chi connectivity index (χ2n) is 18.1. The summed E-state index contributed by atoms with van der Waals surface area (Å²) in [5, 5.41) is 37.7. The standard InChI is InChI=1S/C56H63N5O16/c1-36(62)75-44(30-58-54(67)72-33-39-21-11-4-12-22-39)51(65)60-45-47(63)48(64)50(46(49(45)70-31-37-17-7-2-8-18-37)61-56(69)74-35-41-25-15-6-16-26-41)77-52-43(59-55(68)73-34-40-23-13-5-14-24-40)28-27-42(76-52)29-57-53(66)71-32-38-19-9-3-10-20-38/h2-26,42-50,52,63-64H,27-35H2,1H3,(H,57,66)(H,58,67)(H,59,68)(H,60,65)(H,61,69)/t42?,43?,44-,45-,46-,47-,48?,49?,50?,52+/m0/s1. The van der Waals surface area contributed by atoms with Gasteiger partial charge in [-0.2, -0.15) is 0 Å². The van der Waals surface area contributed by atoms with Gasteiger partial charge in [-0.25, -0.2) is 19.2 Å². The van der Waals surface area contributed by atoms with Crippen molar-refractivity contribution in [1.82, 2.24) is 26.6 Å². The van der Waals surface area contributed by atoms with Crippen LogP contribution in [-0.2, 0) is 80.5 Å². The Balaban J connectivity index is 1.16. The first kappa shape index (κ1) is 56.6. The summed E-state index contributed by atoms with van der Waals surface area (Å²) in [6.07, 6.45) is -14.2. The van der Waals surface area contributed by atoms with Crippen LogP contribution in [0.25, 0.3) is 0 Å². The van der Waals surface area contributed by atoms with E-state index in [1.807, 2.05) is 24.3 Å². The first-order valence-corrected chi connectivity index (χ1v) is 25.0. The number of benzene rings is 5. The summed E-state index contributed by atoms with van der Waals surface area (Å²) in [6.45, 7) is -0.154. The zero-order valence-corrected chi connectivity index (χ0v) is 42.2. The number of hydrogen-bond acceptors (Lipinski definition) is 16. The molecule has 21 heteroatoms. The first-order chi connectivity index (χ1) is 37.4. The molecule has 5 aromatic rings. The molecular weight excluding hydrogens is 999 g/mol. The molecule has 1 heterocycles. The Kier molecular flexibility index (Phi) is 21.5. The molecule has 0 aromatic heterocycles. The van der Waals surface area contributed by atoms with E-state index in [0.29, 0.717) is 22.3 Å². The molecule has 2 aliphatic rings. The van der Waals surface area contributed by atoms with E-state index in [0.717, 1.165) is 12.5 Å². The Morgan fingerprint density at radius 2 is 0.961 bits per heavy atom. The zero-order valence-electron chi connectivity index (χ0n) is 42.2. The summed E-state index contributed by atoms with van der Waals surface area (Å²) in [6, 6.07) is 40.3. The van der Waals surface area contributed by atoms with E-state index in [4.69, 9.17) is 37.9 Å². The van der Waals surface area contributed by atoms with Gasteiger partial charge in [-0.05, 0) is 40.7 Å². The lowest BCUT2D eigenvalue weighted by atomic mass is 9.80. The molecule has 2 fully saturated rings. The quantitative estimate of drug-likeness (QED) is 0.0353. The molecule has 5 unspecified atom stereocenters. The van der Waals surface area contributed by atoms with Crippen LogP contribution in [0.1, 0.15) is 47.6 Å². The van der Waals surface area contributed by atoms with Gasteiger partial charge in [0.05, 0.1) is 37.4 Å². The summed E-state index contributed by atoms with van der Waals surface area (Å²) >= 11 is 0. The van der Waals surface area contributed by atoms with Gasteiger partial charge in [0.15, 0.2) is 12.4 Å². The highest BCUT2D eigenvalue weighted by molar-refractivity contribution is 5.84. The Bertz CT molecular complexity index is 2640. The van der Waals surface area contributed by atoms with E-state index >= 15 is 0 Å². The number of esters is 1. The number of carbonyl (C=O) groups is 6. The van der Waals surface area contributed by atoms with Crippen molar-refractivity contribution in [3.8, 4) is 0 Å². The molecule has 408 valence electrons. The molecule has 77 heavy (non-hydrogen) atoms. The van der Waals surface area contributed by atoms with E-state index in [1.165, 1.54) is 0 Å². The van der Waals surface area contributed by atoms with Crippen LogP contribution in [0.2, 0.25) is 0 Å². The molecule has 1 aliphatic carbocycles. The van der Waals surface area contributed by atoms with Crippen molar-refractivity contribution < 1.29 is 76.9 Å². The number of aliphatic hydroxyl groups is 2. The van der Waals surface area contributed by atoms with Gasteiger partial charge in [0, 0.05) is 13.5 Å². The maximum Gasteiger partial charge on any atom is 0.407 e. The van der Waals surface area contributed by atoms with Gasteiger partial charge in [0.25, 0.3) is 5.91 Å². The molecule has 10 atom stereocenters. The van der Waals surface area contributed by atoms with Crippen LogP contribution in [0.3, 0.4) is 0 Å². The number of alkyl carbamates (subject to hydrolysis) is 4. The normalized spacial score (nSPS) is 22.1. The second-order valence-corrected chi connectivity index (χ2v) is 18.1. The van der Waals surface area contributed by atoms with E-state index in [9.17, 15) is 39.0 Å². The SMILES string of the molecule is CC(=O)O[C@@H](CNC(=O)OCc1ccccc1)C(=O)N[C@@H]1C(OCc2ccccc2)[C@H](NC(=O)OCc2ccccc2)C(O[C@H]2OC(CNC(=O)OCc3ccccc3)CCC2NC(=O)OCc2ccccc2)C(O)[C@H]1O. The second kappa shape index (κ2) is 29.3. The third kappa shape index (κ3) is 18.0. The smallest absolute Gasteiger partial charge is 0.407 e. The topological polar surface area (TPSA) is 277 Å². The molecule has 5 aromatic carbocycles.